The van der Waals surface area contributed by atoms with E-state index in [9.17, 15) is 14.7 Å². The highest BCUT2D eigenvalue weighted by Gasteiger charge is 2.39. The quantitative estimate of drug-likeness (QED) is 0.808. The zero-order chi connectivity index (χ0) is 14.2. The first kappa shape index (κ1) is 13.3. The van der Waals surface area contributed by atoms with Crippen LogP contribution in [0.4, 0.5) is 10.5 Å². The van der Waals surface area contributed by atoms with Crippen LogP contribution in [0.25, 0.3) is 0 Å². The topological polar surface area (TPSA) is 82.5 Å². The third-order valence-electron chi connectivity index (χ3n) is 3.12. The second kappa shape index (κ2) is 4.53. The molecule has 0 aliphatic carbocycles. The molecule has 19 heavy (non-hydrogen) atoms. The van der Waals surface area contributed by atoms with Gasteiger partial charge in [0, 0.05) is 30.0 Å². The lowest BCUT2D eigenvalue weighted by Gasteiger charge is -2.40. The number of nitrogens with zero attached hydrogens (tertiary/aromatic N) is 2. The summed E-state index contributed by atoms with van der Waals surface area (Å²) in [4.78, 5) is 28.7. The van der Waals surface area contributed by atoms with Gasteiger partial charge >= 0.3 is 6.09 Å². The Hall–Kier alpha value is -2.11. The number of aromatic nitrogens is 1. The minimum absolute atomic E-state index is 0.295. The van der Waals surface area contributed by atoms with Crippen LogP contribution >= 0.6 is 0 Å². The van der Waals surface area contributed by atoms with E-state index >= 15 is 0 Å². The number of carbonyl (C=O) groups excluding carboxylic acids is 1. The maximum atomic E-state index is 12.1. The molecule has 1 aromatic heterocycles. The van der Waals surface area contributed by atoms with E-state index in [1.165, 1.54) is 4.90 Å². The molecule has 0 saturated heterocycles. The minimum atomic E-state index is -1.10. The van der Waals surface area contributed by atoms with Crippen molar-refractivity contribution in [2.45, 2.75) is 38.8 Å². The van der Waals surface area contributed by atoms with Gasteiger partial charge < -0.3 is 10.4 Å². The number of rotatable bonds is 1. The molecule has 0 bridgehead atoms. The predicted octanol–water partition coefficient (Wildman–Crippen LogP) is 1.72. The van der Waals surface area contributed by atoms with Gasteiger partial charge in [0.2, 0.25) is 5.91 Å². The summed E-state index contributed by atoms with van der Waals surface area (Å²) < 4.78 is 0. The van der Waals surface area contributed by atoms with Gasteiger partial charge in [0.1, 0.15) is 6.04 Å². The van der Waals surface area contributed by atoms with Crippen LogP contribution in [0.2, 0.25) is 0 Å². The highest BCUT2D eigenvalue weighted by Crippen LogP contribution is 2.27. The molecular formula is C13H17N3O3. The summed E-state index contributed by atoms with van der Waals surface area (Å²) in [6.45, 7) is 5.31. The van der Waals surface area contributed by atoms with Crippen molar-refractivity contribution < 1.29 is 14.7 Å². The summed E-state index contributed by atoms with van der Waals surface area (Å²) in [5.41, 5.74) is 0.909. The molecule has 1 unspecified atom stereocenters. The van der Waals surface area contributed by atoms with E-state index in [1.54, 1.807) is 39.2 Å². The van der Waals surface area contributed by atoms with Gasteiger partial charge in [-0.05, 0) is 32.4 Å². The van der Waals surface area contributed by atoms with Crippen LogP contribution in [0.1, 0.15) is 26.3 Å². The summed E-state index contributed by atoms with van der Waals surface area (Å²) in [5, 5.41) is 12.1. The Kier molecular flexibility index (Phi) is 3.18. The van der Waals surface area contributed by atoms with Crippen LogP contribution in [0.5, 0.6) is 0 Å². The van der Waals surface area contributed by atoms with E-state index in [2.05, 4.69) is 10.3 Å². The first-order valence-electron chi connectivity index (χ1n) is 6.06. The van der Waals surface area contributed by atoms with Crippen molar-refractivity contribution in [3.05, 3.63) is 24.0 Å². The number of amides is 2. The molecule has 2 heterocycles. The van der Waals surface area contributed by atoms with Crippen molar-refractivity contribution >= 4 is 17.7 Å². The molecule has 102 valence electrons. The first-order chi connectivity index (χ1) is 8.80. The van der Waals surface area contributed by atoms with Crippen molar-refractivity contribution in [2.24, 2.45) is 0 Å². The highest BCUT2D eigenvalue weighted by atomic mass is 16.4. The fraction of sp³-hybridized carbons (Fsp3) is 0.462. The van der Waals surface area contributed by atoms with E-state index in [0.717, 1.165) is 5.56 Å². The Labute approximate surface area is 111 Å². The van der Waals surface area contributed by atoms with Crippen molar-refractivity contribution in [3.63, 3.8) is 0 Å². The molecule has 0 fully saturated rings. The van der Waals surface area contributed by atoms with Gasteiger partial charge in [-0.15, -0.1) is 0 Å². The van der Waals surface area contributed by atoms with Crippen LogP contribution in [-0.2, 0) is 11.2 Å². The lowest BCUT2D eigenvalue weighted by molar-refractivity contribution is -0.122. The molecule has 2 amide bonds. The first-order valence-corrected chi connectivity index (χ1v) is 6.06. The zero-order valence-corrected chi connectivity index (χ0v) is 11.2. The molecule has 6 nitrogen and oxygen atoms in total. The van der Waals surface area contributed by atoms with Crippen LogP contribution in [0.3, 0.4) is 0 Å². The minimum Gasteiger partial charge on any atom is -0.465 e. The van der Waals surface area contributed by atoms with Crippen molar-refractivity contribution in [1.29, 1.82) is 0 Å². The van der Waals surface area contributed by atoms with Gasteiger partial charge in [0.05, 0.1) is 0 Å². The third kappa shape index (κ3) is 2.52. The lowest BCUT2D eigenvalue weighted by Crippen LogP contribution is -2.57. The van der Waals surface area contributed by atoms with Gasteiger partial charge in [-0.3, -0.25) is 14.7 Å². The number of carbonyl (C=O) groups is 2. The van der Waals surface area contributed by atoms with E-state index in [4.69, 9.17) is 0 Å². The number of carboxylic acid groups (broad SMARTS) is 1. The molecule has 0 saturated carbocycles. The van der Waals surface area contributed by atoms with Crippen molar-refractivity contribution in [2.75, 3.05) is 5.32 Å². The number of fused-ring (bicyclic) bond motifs is 1. The van der Waals surface area contributed by atoms with Gasteiger partial charge in [-0.2, -0.15) is 0 Å². The number of nitrogens with one attached hydrogen (secondary N) is 1. The van der Waals surface area contributed by atoms with Crippen LogP contribution in [0.15, 0.2) is 18.5 Å². The van der Waals surface area contributed by atoms with E-state index in [1.807, 2.05) is 0 Å². The van der Waals surface area contributed by atoms with Gasteiger partial charge in [0.15, 0.2) is 0 Å². The second-order valence-corrected chi connectivity index (χ2v) is 5.57. The molecule has 1 aromatic rings. The van der Waals surface area contributed by atoms with E-state index < -0.39 is 17.7 Å². The summed E-state index contributed by atoms with van der Waals surface area (Å²) in [6.07, 6.45) is 2.50. The second-order valence-electron chi connectivity index (χ2n) is 5.57. The smallest absolute Gasteiger partial charge is 0.408 e. The molecule has 0 radical (unpaired) electrons. The number of pyridine rings is 1. The van der Waals surface area contributed by atoms with Gasteiger partial charge in [-0.25, -0.2) is 4.79 Å². The average molecular weight is 263 g/mol. The molecule has 1 aliphatic heterocycles. The SMILES string of the molecule is CC(C)(C)N(C(=O)O)C1Cc2cnccc2NC1=O. The van der Waals surface area contributed by atoms with Crippen molar-refractivity contribution in [1.82, 2.24) is 9.88 Å². The third-order valence-corrected chi connectivity index (χ3v) is 3.12. The monoisotopic (exact) mass is 263 g/mol. The Bertz CT molecular complexity index is 522. The number of anilines is 1. The summed E-state index contributed by atoms with van der Waals surface area (Å²) in [5.74, 6) is -0.295. The van der Waals surface area contributed by atoms with E-state index in [-0.39, 0.29) is 5.91 Å². The maximum absolute atomic E-state index is 12.1. The van der Waals surface area contributed by atoms with E-state index in [0.29, 0.717) is 12.1 Å². The zero-order valence-electron chi connectivity index (χ0n) is 11.2. The summed E-state index contributed by atoms with van der Waals surface area (Å²) in [7, 11) is 0. The maximum Gasteiger partial charge on any atom is 0.408 e. The summed E-state index contributed by atoms with van der Waals surface area (Å²) >= 11 is 0. The Balaban J connectivity index is 2.36. The number of hydrogen-bond donors (Lipinski definition) is 2. The van der Waals surface area contributed by atoms with Crippen LogP contribution < -0.4 is 5.32 Å². The highest BCUT2D eigenvalue weighted by molar-refractivity contribution is 5.99. The van der Waals surface area contributed by atoms with Gasteiger partial charge in [0.25, 0.3) is 0 Å². The molecule has 2 rings (SSSR count). The normalized spacial score (nSPS) is 18.5. The lowest BCUT2D eigenvalue weighted by atomic mass is 9.95. The standard InChI is InChI=1S/C13H17N3O3/c1-13(2,3)16(12(18)19)10-6-8-7-14-5-4-9(8)15-11(10)17/h4-5,7,10H,6H2,1-3H3,(H,15,17)(H,18,19). The molecule has 1 aliphatic rings. The van der Waals surface area contributed by atoms with Gasteiger partial charge in [-0.1, -0.05) is 0 Å². The molecule has 0 spiro atoms. The van der Waals surface area contributed by atoms with Crippen molar-refractivity contribution in [3.8, 4) is 0 Å². The predicted molar refractivity (Wildman–Crippen MR) is 70.0 cm³/mol. The fourth-order valence-corrected chi connectivity index (χ4v) is 2.33. The Morgan fingerprint density at radius 2 is 2.21 bits per heavy atom. The van der Waals surface area contributed by atoms with Crippen LogP contribution in [0, 0.1) is 0 Å². The molecule has 1 atom stereocenters. The largest absolute Gasteiger partial charge is 0.465 e. The molecule has 0 aromatic carbocycles. The fourth-order valence-electron chi connectivity index (χ4n) is 2.33. The molecule has 2 N–H and O–H groups in total. The molecule has 6 heteroatoms. The number of hydrogen-bond acceptors (Lipinski definition) is 3. The summed E-state index contributed by atoms with van der Waals surface area (Å²) in [6, 6.07) is 0.986. The van der Waals surface area contributed by atoms with Crippen LogP contribution in [-0.4, -0.2) is 38.6 Å². The average Bonchev–Trinajstić information content (AvgIpc) is 2.27. The Morgan fingerprint density at radius 1 is 1.53 bits per heavy atom. The Morgan fingerprint density at radius 3 is 2.79 bits per heavy atom. The molecular weight excluding hydrogens is 246 g/mol.